The predicted octanol–water partition coefficient (Wildman–Crippen LogP) is 1.84. The summed E-state index contributed by atoms with van der Waals surface area (Å²) in [6.45, 7) is 5.39. The van der Waals surface area contributed by atoms with E-state index in [0.717, 1.165) is 12.8 Å². The first-order valence-corrected chi connectivity index (χ1v) is 6.69. The minimum atomic E-state index is -0.802. The molecule has 4 heteroatoms. The monoisotopic (exact) mass is 264 g/mol. The highest BCUT2D eigenvalue weighted by Gasteiger charge is 2.20. The molecule has 0 bridgehead atoms. The zero-order valence-electron chi connectivity index (χ0n) is 11.8. The normalized spacial score (nSPS) is 11.3. The van der Waals surface area contributed by atoms with Gasteiger partial charge in [0.15, 0.2) is 0 Å². The molecule has 0 spiro atoms. The molecule has 0 aliphatic heterocycles. The molecule has 0 aromatic heterocycles. The molecule has 0 saturated carbocycles. The van der Waals surface area contributed by atoms with Crippen LogP contribution in [-0.2, 0) is 16.1 Å². The van der Waals surface area contributed by atoms with E-state index >= 15 is 0 Å². The third-order valence-corrected chi connectivity index (χ3v) is 2.70. The first-order chi connectivity index (χ1) is 9.00. The van der Waals surface area contributed by atoms with Crippen molar-refractivity contribution in [2.45, 2.75) is 38.8 Å². The number of hydrogen-bond donors (Lipinski definition) is 2. The number of nitrogens with two attached hydrogens (primary N) is 1. The van der Waals surface area contributed by atoms with Gasteiger partial charge in [-0.15, -0.1) is 0 Å². The Hall–Kier alpha value is -1.39. The van der Waals surface area contributed by atoms with Crippen molar-refractivity contribution in [3.05, 3.63) is 35.9 Å². The molecular weight excluding hydrogens is 240 g/mol. The molecule has 0 saturated heterocycles. The van der Waals surface area contributed by atoms with Crippen molar-refractivity contribution in [2.75, 3.05) is 13.2 Å². The van der Waals surface area contributed by atoms with E-state index in [2.05, 4.69) is 5.32 Å². The van der Waals surface area contributed by atoms with Gasteiger partial charge in [0, 0.05) is 13.2 Å². The molecule has 106 valence electrons. The maximum Gasteiger partial charge on any atom is 0.239 e. The second kappa shape index (κ2) is 7.92. The number of nitrogens with one attached hydrogen (secondary N) is 1. The molecule has 1 aromatic carbocycles. The van der Waals surface area contributed by atoms with Crippen LogP contribution >= 0.6 is 0 Å². The molecule has 19 heavy (non-hydrogen) atoms. The number of amides is 1. The van der Waals surface area contributed by atoms with Crippen molar-refractivity contribution >= 4 is 5.91 Å². The van der Waals surface area contributed by atoms with Crippen molar-refractivity contribution in [2.24, 2.45) is 5.73 Å². The molecule has 3 N–H and O–H groups in total. The zero-order valence-corrected chi connectivity index (χ0v) is 11.8. The standard InChI is InChI=1S/C15H24N2O2/c1-15(2,16)14(18)17-10-6-7-11-19-12-13-8-4-3-5-9-13/h3-5,8-9H,6-7,10-12,16H2,1-2H3,(H,17,18). The van der Waals surface area contributed by atoms with Crippen molar-refractivity contribution in [3.8, 4) is 0 Å². The first-order valence-electron chi connectivity index (χ1n) is 6.69. The van der Waals surface area contributed by atoms with Gasteiger partial charge >= 0.3 is 0 Å². The third kappa shape index (κ3) is 6.94. The first kappa shape index (κ1) is 15.7. The van der Waals surface area contributed by atoms with Gasteiger partial charge in [-0.3, -0.25) is 4.79 Å². The van der Waals surface area contributed by atoms with Crippen molar-refractivity contribution in [1.29, 1.82) is 0 Å². The maximum absolute atomic E-state index is 11.5. The Balaban J connectivity index is 1.99. The number of carbonyl (C=O) groups excluding carboxylic acids is 1. The molecule has 0 heterocycles. The lowest BCUT2D eigenvalue weighted by molar-refractivity contribution is -0.125. The molecule has 0 unspecified atom stereocenters. The zero-order chi connectivity index (χ0) is 14.1. The van der Waals surface area contributed by atoms with Gasteiger partial charge in [0.05, 0.1) is 12.1 Å². The van der Waals surface area contributed by atoms with Gasteiger partial charge in [0.2, 0.25) is 5.91 Å². The van der Waals surface area contributed by atoms with Gasteiger partial charge in [0.25, 0.3) is 0 Å². The summed E-state index contributed by atoms with van der Waals surface area (Å²) in [4.78, 5) is 11.5. The second-order valence-corrected chi connectivity index (χ2v) is 5.22. The fourth-order valence-electron chi connectivity index (χ4n) is 1.52. The van der Waals surface area contributed by atoms with Crippen LogP contribution in [0.25, 0.3) is 0 Å². The summed E-state index contributed by atoms with van der Waals surface area (Å²) in [5.74, 6) is -0.113. The van der Waals surface area contributed by atoms with E-state index in [1.54, 1.807) is 13.8 Å². The van der Waals surface area contributed by atoms with Crippen LogP contribution in [0, 0.1) is 0 Å². The van der Waals surface area contributed by atoms with Crippen LogP contribution in [-0.4, -0.2) is 24.6 Å². The Morgan fingerprint density at radius 2 is 1.95 bits per heavy atom. The largest absolute Gasteiger partial charge is 0.377 e. The van der Waals surface area contributed by atoms with Crippen LogP contribution in [0.4, 0.5) is 0 Å². The average Bonchev–Trinajstić information content (AvgIpc) is 2.37. The van der Waals surface area contributed by atoms with Gasteiger partial charge in [-0.25, -0.2) is 0 Å². The summed E-state index contributed by atoms with van der Waals surface area (Å²) in [5.41, 5.74) is 6.05. The van der Waals surface area contributed by atoms with E-state index in [4.69, 9.17) is 10.5 Å². The molecular formula is C15H24N2O2. The van der Waals surface area contributed by atoms with Gasteiger partial charge in [0.1, 0.15) is 0 Å². The minimum absolute atomic E-state index is 0.113. The van der Waals surface area contributed by atoms with Crippen molar-refractivity contribution in [1.82, 2.24) is 5.32 Å². The van der Waals surface area contributed by atoms with Crippen LogP contribution in [0.1, 0.15) is 32.3 Å². The highest BCUT2D eigenvalue weighted by atomic mass is 16.5. The van der Waals surface area contributed by atoms with Crippen molar-refractivity contribution < 1.29 is 9.53 Å². The average molecular weight is 264 g/mol. The number of rotatable bonds is 8. The Morgan fingerprint density at radius 1 is 1.26 bits per heavy atom. The Bertz CT molecular complexity index is 371. The van der Waals surface area contributed by atoms with Crippen LogP contribution in [0.15, 0.2) is 30.3 Å². The van der Waals surface area contributed by atoms with Gasteiger partial charge in [-0.05, 0) is 32.3 Å². The van der Waals surface area contributed by atoms with E-state index in [-0.39, 0.29) is 5.91 Å². The number of hydrogen-bond acceptors (Lipinski definition) is 3. The molecule has 0 aliphatic carbocycles. The Kier molecular flexibility index (Phi) is 6.53. The lowest BCUT2D eigenvalue weighted by atomic mass is 10.1. The molecule has 0 atom stereocenters. The smallest absolute Gasteiger partial charge is 0.239 e. The number of ether oxygens (including phenoxy) is 1. The topological polar surface area (TPSA) is 64.4 Å². The van der Waals surface area contributed by atoms with Gasteiger partial charge < -0.3 is 15.8 Å². The van der Waals surface area contributed by atoms with Gasteiger partial charge in [-0.2, -0.15) is 0 Å². The van der Waals surface area contributed by atoms with Crippen molar-refractivity contribution in [3.63, 3.8) is 0 Å². The van der Waals surface area contributed by atoms with E-state index < -0.39 is 5.54 Å². The molecule has 4 nitrogen and oxygen atoms in total. The number of benzene rings is 1. The van der Waals surface area contributed by atoms with Crippen LogP contribution in [0.5, 0.6) is 0 Å². The Morgan fingerprint density at radius 3 is 2.58 bits per heavy atom. The van der Waals surface area contributed by atoms with Crippen LogP contribution < -0.4 is 11.1 Å². The molecule has 0 aliphatic rings. The SMILES string of the molecule is CC(C)(N)C(=O)NCCCCOCc1ccccc1. The molecule has 1 rings (SSSR count). The van der Waals surface area contributed by atoms with E-state index in [1.807, 2.05) is 30.3 Å². The summed E-state index contributed by atoms with van der Waals surface area (Å²) >= 11 is 0. The summed E-state index contributed by atoms with van der Waals surface area (Å²) in [5, 5.41) is 2.81. The highest BCUT2D eigenvalue weighted by Crippen LogP contribution is 2.01. The van der Waals surface area contributed by atoms with E-state index in [0.29, 0.717) is 19.8 Å². The number of unbranched alkanes of at least 4 members (excludes halogenated alkanes) is 1. The lowest BCUT2D eigenvalue weighted by Crippen LogP contribution is -2.49. The highest BCUT2D eigenvalue weighted by molar-refractivity contribution is 5.84. The van der Waals surface area contributed by atoms with Crippen LogP contribution in [0.3, 0.4) is 0 Å². The summed E-state index contributed by atoms with van der Waals surface area (Å²) in [6.07, 6.45) is 1.83. The Labute approximate surface area is 115 Å². The number of carbonyl (C=O) groups is 1. The van der Waals surface area contributed by atoms with E-state index in [1.165, 1.54) is 5.56 Å². The molecule has 0 fully saturated rings. The predicted molar refractivity (Wildman–Crippen MR) is 76.6 cm³/mol. The third-order valence-electron chi connectivity index (χ3n) is 2.70. The fourth-order valence-corrected chi connectivity index (χ4v) is 1.52. The quantitative estimate of drug-likeness (QED) is 0.704. The van der Waals surface area contributed by atoms with E-state index in [9.17, 15) is 4.79 Å². The minimum Gasteiger partial charge on any atom is -0.377 e. The summed E-state index contributed by atoms with van der Waals surface area (Å²) in [7, 11) is 0. The summed E-state index contributed by atoms with van der Waals surface area (Å²) in [6, 6.07) is 10.1. The van der Waals surface area contributed by atoms with Crippen LogP contribution in [0.2, 0.25) is 0 Å². The van der Waals surface area contributed by atoms with Gasteiger partial charge in [-0.1, -0.05) is 30.3 Å². The summed E-state index contributed by atoms with van der Waals surface area (Å²) < 4.78 is 5.56. The maximum atomic E-state index is 11.5. The fraction of sp³-hybridized carbons (Fsp3) is 0.533. The lowest BCUT2D eigenvalue weighted by Gasteiger charge is -2.17. The molecule has 0 radical (unpaired) electrons. The molecule has 1 aromatic rings. The second-order valence-electron chi connectivity index (χ2n) is 5.22. The molecule has 1 amide bonds.